The van der Waals surface area contributed by atoms with Crippen LogP contribution in [-0.4, -0.2) is 55.5 Å². The lowest BCUT2D eigenvalue weighted by Gasteiger charge is -2.40. The van der Waals surface area contributed by atoms with Crippen LogP contribution < -0.4 is 15.0 Å². The van der Waals surface area contributed by atoms with Gasteiger partial charge < -0.3 is 15.0 Å². The summed E-state index contributed by atoms with van der Waals surface area (Å²) in [4.78, 5) is 28.8. The number of nitrogens with zero attached hydrogens (tertiary/aromatic N) is 2. The van der Waals surface area contributed by atoms with E-state index in [0.29, 0.717) is 16.9 Å². The van der Waals surface area contributed by atoms with Gasteiger partial charge in [-0.2, -0.15) is 0 Å². The number of ether oxygens (including phenoxy) is 1. The average molecular weight is 380 g/mol. The molecule has 142 valence electrons. The van der Waals surface area contributed by atoms with E-state index in [9.17, 15) is 9.59 Å². The van der Waals surface area contributed by atoms with Crippen LogP contribution in [0.5, 0.6) is 5.75 Å². The van der Waals surface area contributed by atoms with Crippen molar-refractivity contribution in [2.24, 2.45) is 5.41 Å². The summed E-state index contributed by atoms with van der Waals surface area (Å²) in [7, 11) is 0. The Bertz CT molecular complexity index is 680. The summed E-state index contributed by atoms with van der Waals surface area (Å²) < 4.78 is 5.64. The highest BCUT2D eigenvalue weighted by Gasteiger charge is 2.39. The normalized spacial score (nSPS) is 24.0. The Morgan fingerprint density at radius 1 is 1.27 bits per heavy atom. The van der Waals surface area contributed by atoms with Crippen LogP contribution in [0, 0.1) is 5.41 Å². The van der Waals surface area contributed by atoms with Gasteiger partial charge in [-0.15, -0.1) is 12.4 Å². The molecule has 0 bridgehead atoms. The van der Waals surface area contributed by atoms with Gasteiger partial charge in [0.05, 0.1) is 5.69 Å². The van der Waals surface area contributed by atoms with Crippen molar-refractivity contribution in [1.82, 2.24) is 10.2 Å². The van der Waals surface area contributed by atoms with Gasteiger partial charge >= 0.3 is 0 Å². The fraction of sp³-hybridized carbons (Fsp3) is 0.579. The molecule has 3 aliphatic heterocycles. The first-order valence-electron chi connectivity index (χ1n) is 9.14. The molecule has 6 nitrogen and oxygen atoms in total. The molecule has 0 radical (unpaired) electrons. The third-order valence-corrected chi connectivity index (χ3v) is 5.88. The van der Waals surface area contributed by atoms with E-state index >= 15 is 0 Å². The van der Waals surface area contributed by atoms with Gasteiger partial charge in [-0.25, -0.2) is 0 Å². The standard InChI is InChI=1S/C19H25N3O3.ClH/c1-14-18(24)22(15-4-2-3-5-16(15)25-14)12-17(23)21-10-7-19(8-11-21)6-9-20-13-19;/h2-5,14,20H,6-13H2,1H3;1H. The number of fused-ring (bicyclic) bond motifs is 1. The van der Waals surface area contributed by atoms with E-state index in [0.717, 1.165) is 39.0 Å². The number of anilines is 1. The second-order valence-corrected chi connectivity index (χ2v) is 7.46. The molecule has 0 aromatic heterocycles. The number of carbonyl (C=O) groups excluding carboxylic acids is 2. The molecular formula is C19H26ClN3O3. The third-order valence-electron chi connectivity index (χ3n) is 5.88. The van der Waals surface area contributed by atoms with Gasteiger partial charge in [0, 0.05) is 19.6 Å². The smallest absolute Gasteiger partial charge is 0.268 e. The van der Waals surface area contributed by atoms with Crippen LogP contribution in [0.3, 0.4) is 0 Å². The number of nitrogens with one attached hydrogen (secondary N) is 1. The van der Waals surface area contributed by atoms with Crippen molar-refractivity contribution >= 4 is 29.9 Å². The monoisotopic (exact) mass is 379 g/mol. The molecule has 0 aliphatic carbocycles. The molecule has 2 fully saturated rings. The van der Waals surface area contributed by atoms with E-state index in [-0.39, 0.29) is 30.8 Å². The molecule has 7 heteroatoms. The van der Waals surface area contributed by atoms with Crippen LogP contribution in [0.4, 0.5) is 5.69 Å². The van der Waals surface area contributed by atoms with Gasteiger partial charge in [0.2, 0.25) is 5.91 Å². The van der Waals surface area contributed by atoms with E-state index in [1.807, 2.05) is 29.2 Å². The number of rotatable bonds is 2. The summed E-state index contributed by atoms with van der Waals surface area (Å²) in [6.45, 7) is 5.56. The maximum atomic E-state index is 12.8. The van der Waals surface area contributed by atoms with Crippen LogP contribution in [0.25, 0.3) is 0 Å². The Morgan fingerprint density at radius 2 is 2.00 bits per heavy atom. The number of hydrogen-bond donors (Lipinski definition) is 1. The first kappa shape index (κ1) is 19.0. The summed E-state index contributed by atoms with van der Waals surface area (Å²) in [6, 6.07) is 7.41. The molecule has 3 heterocycles. The molecule has 2 amide bonds. The lowest BCUT2D eigenvalue weighted by atomic mass is 9.78. The number of amides is 2. The van der Waals surface area contributed by atoms with Gasteiger partial charge in [0.15, 0.2) is 6.10 Å². The van der Waals surface area contributed by atoms with Gasteiger partial charge in [-0.3, -0.25) is 14.5 Å². The minimum Gasteiger partial charge on any atom is -0.479 e. The van der Waals surface area contributed by atoms with Crippen LogP contribution in [0.2, 0.25) is 0 Å². The first-order valence-corrected chi connectivity index (χ1v) is 9.14. The van der Waals surface area contributed by atoms with Crippen molar-refractivity contribution in [3.8, 4) is 5.75 Å². The molecule has 4 rings (SSSR count). The SMILES string of the molecule is CC1Oc2ccccc2N(CC(=O)N2CCC3(CCNC3)CC2)C1=O.Cl. The topological polar surface area (TPSA) is 61.9 Å². The Hall–Kier alpha value is -1.79. The molecule has 1 spiro atoms. The molecule has 26 heavy (non-hydrogen) atoms. The highest BCUT2D eigenvalue weighted by atomic mass is 35.5. The van der Waals surface area contributed by atoms with Gasteiger partial charge in [0.25, 0.3) is 5.91 Å². The highest BCUT2D eigenvalue weighted by Crippen LogP contribution is 2.37. The fourth-order valence-corrected chi connectivity index (χ4v) is 4.21. The minimum atomic E-state index is -0.558. The van der Waals surface area contributed by atoms with Crippen molar-refractivity contribution in [2.45, 2.75) is 32.3 Å². The number of hydrogen-bond acceptors (Lipinski definition) is 4. The van der Waals surface area contributed by atoms with E-state index in [2.05, 4.69) is 5.32 Å². The third kappa shape index (κ3) is 3.40. The second kappa shape index (κ2) is 7.45. The number of benzene rings is 1. The average Bonchev–Trinajstić information content (AvgIpc) is 3.07. The first-order chi connectivity index (χ1) is 12.1. The number of halogens is 1. The Labute approximate surface area is 160 Å². The zero-order valence-electron chi connectivity index (χ0n) is 15.1. The highest BCUT2D eigenvalue weighted by molar-refractivity contribution is 6.03. The number of para-hydroxylation sites is 2. The van der Waals surface area contributed by atoms with E-state index in [1.165, 1.54) is 6.42 Å². The zero-order chi connectivity index (χ0) is 17.4. The van der Waals surface area contributed by atoms with Crippen LogP contribution >= 0.6 is 12.4 Å². The minimum absolute atomic E-state index is 0. The van der Waals surface area contributed by atoms with Gasteiger partial charge in [-0.05, 0) is 50.3 Å². The molecular weight excluding hydrogens is 354 g/mol. The maximum absolute atomic E-state index is 12.8. The van der Waals surface area contributed by atoms with Crippen molar-refractivity contribution in [3.05, 3.63) is 24.3 Å². The van der Waals surface area contributed by atoms with E-state index < -0.39 is 6.10 Å². The van der Waals surface area contributed by atoms with Crippen LogP contribution in [-0.2, 0) is 9.59 Å². The molecule has 1 N–H and O–H groups in total. The number of carbonyl (C=O) groups is 2. The summed E-state index contributed by atoms with van der Waals surface area (Å²) in [6.07, 6.45) is 2.75. The van der Waals surface area contributed by atoms with Crippen molar-refractivity contribution < 1.29 is 14.3 Å². The Morgan fingerprint density at radius 3 is 2.69 bits per heavy atom. The zero-order valence-corrected chi connectivity index (χ0v) is 15.9. The van der Waals surface area contributed by atoms with Gasteiger partial charge in [-0.1, -0.05) is 12.1 Å². The fourth-order valence-electron chi connectivity index (χ4n) is 4.21. The molecule has 1 aromatic rings. The van der Waals surface area contributed by atoms with E-state index in [4.69, 9.17) is 4.74 Å². The van der Waals surface area contributed by atoms with Crippen molar-refractivity contribution in [1.29, 1.82) is 0 Å². The van der Waals surface area contributed by atoms with Crippen LogP contribution in [0.1, 0.15) is 26.2 Å². The Kier molecular flexibility index (Phi) is 5.44. The second-order valence-electron chi connectivity index (χ2n) is 7.46. The predicted octanol–water partition coefficient (Wildman–Crippen LogP) is 1.82. The molecule has 1 aromatic carbocycles. The maximum Gasteiger partial charge on any atom is 0.268 e. The quantitative estimate of drug-likeness (QED) is 0.851. The summed E-state index contributed by atoms with van der Waals surface area (Å²) in [5, 5.41) is 3.44. The molecule has 2 saturated heterocycles. The summed E-state index contributed by atoms with van der Waals surface area (Å²) in [5.41, 5.74) is 1.07. The largest absolute Gasteiger partial charge is 0.479 e. The lowest BCUT2D eigenvalue weighted by molar-refractivity contribution is -0.134. The van der Waals surface area contributed by atoms with Crippen molar-refractivity contribution in [2.75, 3.05) is 37.6 Å². The molecule has 1 atom stereocenters. The Balaban J connectivity index is 0.00000196. The van der Waals surface area contributed by atoms with Crippen molar-refractivity contribution in [3.63, 3.8) is 0 Å². The number of likely N-dealkylation sites (tertiary alicyclic amines) is 1. The van der Waals surface area contributed by atoms with E-state index in [1.54, 1.807) is 11.8 Å². The predicted molar refractivity (Wildman–Crippen MR) is 102 cm³/mol. The molecule has 1 unspecified atom stereocenters. The van der Waals surface area contributed by atoms with Gasteiger partial charge in [0.1, 0.15) is 12.3 Å². The summed E-state index contributed by atoms with van der Waals surface area (Å²) >= 11 is 0. The lowest BCUT2D eigenvalue weighted by Crippen LogP contribution is -2.51. The van der Waals surface area contributed by atoms with Crippen LogP contribution in [0.15, 0.2) is 24.3 Å². The summed E-state index contributed by atoms with van der Waals surface area (Å²) in [5.74, 6) is 0.538. The molecule has 0 saturated carbocycles. The molecule has 3 aliphatic rings. The number of piperidine rings is 1.